The fourth-order valence-corrected chi connectivity index (χ4v) is 3.36. The van der Waals surface area contributed by atoms with E-state index in [0.717, 1.165) is 0 Å². The summed E-state index contributed by atoms with van der Waals surface area (Å²) in [5.74, 6) is 2.60. The lowest BCUT2D eigenvalue weighted by Crippen LogP contribution is -2.64. The van der Waals surface area contributed by atoms with Gasteiger partial charge < -0.3 is 15.2 Å². The van der Waals surface area contributed by atoms with Gasteiger partial charge >= 0.3 is 12.2 Å². The van der Waals surface area contributed by atoms with Crippen LogP contribution in [-0.4, -0.2) is 45.9 Å². The third-order valence-corrected chi connectivity index (χ3v) is 4.29. The molecule has 1 fully saturated rings. The number of carbonyl (C=O) groups excluding carboxylic acids is 1. The van der Waals surface area contributed by atoms with Crippen molar-refractivity contribution in [3.05, 3.63) is 0 Å². The number of rotatable bonds is 2. The van der Waals surface area contributed by atoms with E-state index in [-0.39, 0.29) is 6.42 Å². The highest BCUT2D eigenvalue weighted by Crippen LogP contribution is 2.46. The Morgan fingerprint density at radius 2 is 1.91 bits per heavy atom. The molecule has 2 atom stereocenters. The maximum atomic E-state index is 12.2. The van der Waals surface area contributed by atoms with Crippen LogP contribution in [0.4, 0.5) is 9.59 Å². The van der Waals surface area contributed by atoms with E-state index in [0.29, 0.717) is 13.0 Å². The van der Waals surface area contributed by atoms with Gasteiger partial charge in [-0.25, -0.2) is 9.59 Å². The van der Waals surface area contributed by atoms with E-state index in [1.807, 2.05) is 20.8 Å². The van der Waals surface area contributed by atoms with Gasteiger partial charge in [-0.05, 0) is 32.6 Å². The lowest BCUT2D eigenvalue weighted by molar-refractivity contribution is 0.00910. The van der Waals surface area contributed by atoms with E-state index in [1.165, 1.54) is 4.90 Å². The molecule has 6 heteroatoms. The van der Waals surface area contributed by atoms with Gasteiger partial charge in [-0.3, -0.25) is 4.90 Å². The standard InChI is InChI=1S/C17H28N2O4/c1-8-10-17(15(2,3)4)12(9-11-19(17)14(21)22)18-13(20)23-16(5,6)7/h1,12H,9-11H2,2-7H3,(H,18,20)(H,21,22)/t12-,17+/m1/s1. The first-order valence-corrected chi connectivity index (χ1v) is 7.78. The normalized spacial score (nSPS) is 24.9. The summed E-state index contributed by atoms with van der Waals surface area (Å²) in [5, 5.41) is 12.4. The first-order chi connectivity index (χ1) is 10.3. The minimum absolute atomic E-state index is 0.225. The SMILES string of the molecule is C#CC[C@@]1(C(C)(C)C)[C@H](NC(=O)OC(C)(C)C)CCN1C(=O)O. The van der Waals surface area contributed by atoms with Crippen LogP contribution in [0.25, 0.3) is 0 Å². The van der Waals surface area contributed by atoms with Crippen LogP contribution in [0.3, 0.4) is 0 Å². The minimum atomic E-state index is -1.02. The molecule has 1 aliphatic rings. The van der Waals surface area contributed by atoms with Gasteiger partial charge in [0.2, 0.25) is 0 Å². The maximum Gasteiger partial charge on any atom is 0.407 e. The highest BCUT2D eigenvalue weighted by atomic mass is 16.6. The number of ether oxygens (including phenoxy) is 1. The third-order valence-electron chi connectivity index (χ3n) is 4.29. The zero-order valence-electron chi connectivity index (χ0n) is 14.9. The van der Waals surface area contributed by atoms with E-state index >= 15 is 0 Å². The molecule has 0 aromatic carbocycles. The molecule has 6 nitrogen and oxygen atoms in total. The van der Waals surface area contributed by atoms with E-state index in [2.05, 4.69) is 11.2 Å². The summed E-state index contributed by atoms with van der Waals surface area (Å²) in [6.07, 6.45) is 4.68. The van der Waals surface area contributed by atoms with Crippen LogP contribution in [0.15, 0.2) is 0 Å². The van der Waals surface area contributed by atoms with Crippen molar-refractivity contribution in [2.75, 3.05) is 6.54 Å². The molecule has 0 unspecified atom stereocenters. The molecular weight excluding hydrogens is 296 g/mol. The van der Waals surface area contributed by atoms with Crippen LogP contribution in [0.1, 0.15) is 54.4 Å². The monoisotopic (exact) mass is 324 g/mol. The van der Waals surface area contributed by atoms with Gasteiger partial charge in [0.25, 0.3) is 0 Å². The van der Waals surface area contributed by atoms with Crippen LogP contribution in [0.5, 0.6) is 0 Å². The summed E-state index contributed by atoms with van der Waals surface area (Å²) in [6, 6.07) is -0.399. The molecule has 23 heavy (non-hydrogen) atoms. The quantitative estimate of drug-likeness (QED) is 0.765. The molecule has 0 spiro atoms. The summed E-state index contributed by atoms with van der Waals surface area (Å²) in [4.78, 5) is 25.2. The average molecular weight is 324 g/mol. The number of hydrogen-bond acceptors (Lipinski definition) is 3. The first kappa shape index (κ1) is 19.1. The van der Waals surface area contributed by atoms with Crippen molar-refractivity contribution in [3.63, 3.8) is 0 Å². The van der Waals surface area contributed by atoms with Crippen molar-refractivity contribution < 1.29 is 19.4 Å². The van der Waals surface area contributed by atoms with Gasteiger partial charge in [-0.1, -0.05) is 20.8 Å². The predicted octanol–water partition coefficient (Wildman–Crippen LogP) is 3.07. The molecule has 1 heterocycles. The molecule has 130 valence electrons. The second-order valence-corrected chi connectivity index (χ2v) is 7.98. The number of carbonyl (C=O) groups is 2. The zero-order valence-corrected chi connectivity index (χ0v) is 14.9. The predicted molar refractivity (Wildman–Crippen MR) is 88.1 cm³/mol. The van der Waals surface area contributed by atoms with Crippen LogP contribution < -0.4 is 5.32 Å². The molecule has 2 N–H and O–H groups in total. The second-order valence-electron chi connectivity index (χ2n) is 7.98. The molecule has 0 aliphatic carbocycles. The number of carboxylic acid groups (broad SMARTS) is 1. The fraction of sp³-hybridized carbons (Fsp3) is 0.765. The summed E-state index contributed by atoms with van der Waals surface area (Å²) in [6.45, 7) is 11.5. The number of nitrogens with zero attached hydrogens (tertiary/aromatic N) is 1. The van der Waals surface area contributed by atoms with E-state index in [9.17, 15) is 14.7 Å². The number of alkyl carbamates (subject to hydrolysis) is 1. The topological polar surface area (TPSA) is 78.9 Å². The van der Waals surface area contributed by atoms with Crippen molar-refractivity contribution in [1.29, 1.82) is 0 Å². The summed E-state index contributed by atoms with van der Waals surface area (Å²) < 4.78 is 5.31. The molecule has 1 aliphatic heterocycles. The molecule has 0 saturated carbocycles. The van der Waals surface area contributed by atoms with E-state index < -0.39 is 34.8 Å². The molecule has 0 aromatic heterocycles. The molecular formula is C17H28N2O4. The van der Waals surface area contributed by atoms with E-state index in [1.54, 1.807) is 20.8 Å². The van der Waals surface area contributed by atoms with Crippen molar-refractivity contribution in [3.8, 4) is 12.3 Å². The number of hydrogen-bond donors (Lipinski definition) is 2. The van der Waals surface area contributed by atoms with Gasteiger partial charge in [0.1, 0.15) is 5.60 Å². The first-order valence-electron chi connectivity index (χ1n) is 7.78. The van der Waals surface area contributed by atoms with Gasteiger partial charge in [0.15, 0.2) is 0 Å². The Morgan fingerprint density at radius 1 is 1.35 bits per heavy atom. The van der Waals surface area contributed by atoms with Crippen molar-refractivity contribution in [1.82, 2.24) is 10.2 Å². The maximum absolute atomic E-state index is 12.2. The van der Waals surface area contributed by atoms with Gasteiger partial charge in [-0.2, -0.15) is 0 Å². The summed E-state index contributed by atoms with van der Waals surface area (Å²) in [5.41, 5.74) is -1.94. The number of terminal acetylenes is 1. The summed E-state index contributed by atoms with van der Waals surface area (Å²) >= 11 is 0. The highest BCUT2D eigenvalue weighted by molar-refractivity contribution is 5.71. The fourth-order valence-electron chi connectivity index (χ4n) is 3.36. The van der Waals surface area contributed by atoms with Crippen LogP contribution in [0.2, 0.25) is 0 Å². The smallest absolute Gasteiger partial charge is 0.407 e. The van der Waals surface area contributed by atoms with Crippen LogP contribution in [0, 0.1) is 17.8 Å². The Kier molecular flexibility index (Phi) is 5.25. The largest absolute Gasteiger partial charge is 0.465 e. The second kappa shape index (κ2) is 6.31. The van der Waals surface area contributed by atoms with Crippen molar-refractivity contribution in [2.45, 2.75) is 71.6 Å². The number of likely N-dealkylation sites (tertiary alicyclic amines) is 1. The Morgan fingerprint density at radius 3 is 2.30 bits per heavy atom. The van der Waals surface area contributed by atoms with Gasteiger partial charge in [0.05, 0.1) is 11.6 Å². The van der Waals surface area contributed by atoms with Crippen molar-refractivity contribution in [2.24, 2.45) is 5.41 Å². The highest BCUT2D eigenvalue weighted by Gasteiger charge is 2.58. The lowest BCUT2D eigenvalue weighted by Gasteiger charge is -2.49. The van der Waals surface area contributed by atoms with Crippen LogP contribution >= 0.6 is 0 Å². The summed E-state index contributed by atoms with van der Waals surface area (Å²) in [7, 11) is 0. The third kappa shape index (κ3) is 3.90. The molecule has 1 rings (SSSR count). The molecule has 0 aromatic rings. The molecule has 2 amide bonds. The lowest BCUT2D eigenvalue weighted by atomic mass is 9.67. The number of amides is 2. The van der Waals surface area contributed by atoms with E-state index in [4.69, 9.17) is 11.2 Å². The number of nitrogens with one attached hydrogen (secondary N) is 1. The van der Waals surface area contributed by atoms with Gasteiger partial charge in [-0.15, -0.1) is 12.3 Å². The minimum Gasteiger partial charge on any atom is -0.465 e. The Hall–Kier alpha value is -1.90. The Balaban J connectivity index is 3.17. The zero-order chi connectivity index (χ0) is 18.1. The average Bonchev–Trinajstić information content (AvgIpc) is 2.66. The molecule has 0 bridgehead atoms. The Bertz CT molecular complexity index is 510. The Labute approximate surface area is 138 Å². The van der Waals surface area contributed by atoms with Crippen LogP contribution in [-0.2, 0) is 4.74 Å². The van der Waals surface area contributed by atoms with Crippen molar-refractivity contribution >= 4 is 12.2 Å². The molecule has 0 radical (unpaired) electrons. The molecule has 1 saturated heterocycles. The van der Waals surface area contributed by atoms with Gasteiger partial charge in [0, 0.05) is 13.0 Å².